The number of carboxylic acid groups (broad SMARTS) is 1. The second-order valence-corrected chi connectivity index (χ2v) is 12.1. The predicted molar refractivity (Wildman–Crippen MR) is 152 cm³/mol. The van der Waals surface area contributed by atoms with E-state index in [1.807, 2.05) is 18.2 Å². The van der Waals surface area contributed by atoms with Crippen molar-refractivity contribution in [1.82, 2.24) is 4.90 Å². The van der Waals surface area contributed by atoms with Gasteiger partial charge in [0.1, 0.15) is 24.1 Å². The van der Waals surface area contributed by atoms with E-state index < -0.39 is 79.2 Å². The number of aliphatic hydroxyl groups excluding tert-OH is 3. The fraction of sp³-hybridized carbons (Fsp3) is 0.613. The molecule has 5 aliphatic rings. The van der Waals surface area contributed by atoms with Crippen LogP contribution in [-0.2, 0) is 35.0 Å². The zero-order valence-corrected chi connectivity index (χ0v) is 24.9. The molecule has 8 atom stereocenters. The monoisotopic (exact) mass is 633 g/mol. The number of hydrogen-bond donors (Lipinski definition) is 5. The number of hydrogen-bond acceptors (Lipinski definition) is 13. The summed E-state index contributed by atoms with van der Waals surface area (Å²) in [5.74, 6) is -1.24. The van der Waals surface area contributed by atoms with Crippen molar-refractivity contribution in [3.63, 3.8) is 0 Å². The van der Waals surface area contributed by atoms with Crippen LogP contribution in [0.5, 0.6) is 11.5 Å². The van der Waals surface area contributed by atoms with Crippen molar-refractivity contribution < 1.29 is 63.5 Å². The number of ether oxygens (including phenoxy) is 6. The standard InChI is InChI=1S/C31H39NO13/c1-40-21-13-30-6-4-8-32(30)9-5-17-11-19-20(43-16-42-19)12-18(17)24(30)27(21)45-29(38)31(39,14-23(34)35)7-2-3-10-41-28-26(37)25(36)22(15-33)44-28/h2-3,11-13,22,24-28,33,36-37,39H,4-10,14-16H2,1H3,(H,34,35)/b3-2+/t22?,24-,25?,26?,27-,28?,30+,31-/m1/s1. The van der Waals surface area contributed by atoms with Gasteiger partial charge in [-0.1, -0.05) is 12.2 Å². The number of carbonyl (C=O) groups is 2. The first kappa shape index (κ1) is 31.7. The van der Waals surface area contributed by atoms with Gasteiger partial charge in [0.25, 0.3) is 0 Å². The molecule has 4 aliphatic heterocycles. The molecule has 1 spiro atoms. The van der Waals surface area contributed by atoms with Crippen LogP contribution in [0, 0.1) is 0 Å². The van der Waals surface area contributed by atoms with Crippen molar-refractivity contribution >= 4 is 11.9 Å². The Morgan fingerprint density at radius 3 is 2.64 bits per heavy atom. The summed E-state index contributed by atoms with van der Waals surface area (Å²) in [7, 11) is 1.49. The Kier molecular flexibility index (Phi) is 8.82. The molecule has 2 saturated heterocycles. The van der Waals surface area contributed by atoms with E-state index in [-0.39, 0.29) is 13.4 Å². The van der Waals surface area contributed by atoms with Crippen LogP contribution in [-0.4, -0.2) is 124 Å². The fourth-order valence-electron chi connectivity index (χ4n) is 7.30. The molecule has 246 valence electrons. The number of esters is 1. The Hall–Kier alpha value is -3.24. The minimum atomic E-state index is -2.42. The lowest BCUT2D eigenvalue weighted by Gasteiger charge is -2.39. The van der Waals surface area contributed by atoms with E-state index in [1.54, 1.807) is 0 Å². The van der Waals surface area contributed by atoms with E-state index in [1.165, 1.54) is 19.3 Å². The number of carboxylic acids is 1. The smallest absolute Gasteiger partial charge is 0.339 e. The second kappa shape index (κ2) is 12.5. The van der Waals surface area contributed by atoms with Crippen molar-refractivity contribution in [2.24, 2.45) is 0 Å². The molecule has 2 fully saturated rings. The molecular formula is C31H39NO13. The van der Waals surface area contributed by atoms with Crippen molar-refractivity contribution in [2.45, 2.75) is 79.9 Å². The fourth-order valence-corrected chi connectivity index (χ4v) is 7.30. The average Bonchev–Trinajstić information content (AvgIpc) is 3.76. The Bertz CT molecular complexity index is 1360. The molecule has 14 heteroatoms. The highest BCUT2D eigenvalue weighted by molar-refractivity contribution is 5.85. The number of fused-ring (bicyclic) bond motifs is 3. The molecule has 6 rings (SSSR count). The SMILES string of the molecule is COC1=C[C@]23CCCN2CCc2cc4c(cc2[C@@H]3[C@@H]1OC(=O)[C@@](O)(C/C=C/COC1OC(CO)C(O)C1O)CC(=O)O)OCO4. The first-order valence-electron chi connectivity index (χ1n) is 15.1. The number of aliphatic carboxylic acids is 1. The highest BCUT2D eigenvalue weighted by Gasteiger charge is 2.59. The third-order valence-electron chi connectivity index (χ3n) is 9.50. The van der Waals surface area contributed by atoms with Crippen molar-refractivity contribution in [2.75, 3.05) is 40.2 Å². The third-order valence-corrected chi connectivity index (χ3v) is 9.50. The maximum absolute atomic E-state index is 13.7. The maximum Gasteiger partial charge on any atom is 0.339 e. The number of aliphatic hydroxyl groups is 4. The Morgan fingerprint density at radius 1 is 1.16 bits per heavy atom. The van der Waals surface area contributed by atoms with Crippen LogP contribution in [0.4, 0.5) is 0 Å². The van der Waals surface area contributed by atoms with Gasteiger partial charge in [0.15, 0.2) is 29.5 Å². The van der Waals surface area contributed by atoms with E-state index in [2.05, 4.69) is 4.90 Å². The summed E-state index contributed by atoms with van der Waals surface area (Å²) in [5.41, 5.74) is -0.973. The normalized spacial score (nSPS) is 33.2. The first-order valence-corrected chi connectivity index (χ1v) is 15.1. The highest BCUT2D eigenvalue weighted by atomic mass is 16.7. The van der Waals surface area contributed by atoms with Gasteiger partial charge in [-0.3, -0.25) is 9.69 Å². The summed E-state index contributed by atoms with van der Waals surface area (Å²) in [6.07, 6.45) is 0.110. The van der Waals surface area contributed by atoms with Gasteiger partial charge in [0, 0.05) is 13.0 Å². The summed E-state index contributed by atoms with van der Waals surface area (Å²) >= 11 is 0. The Morgan fingerprint density at radius 2 is 1.93 bits per heavy atom. The quantitative estimate of drug-likeness (QED) is 0.161. The zero-order valence-electron chi connectivity index (χ0n) is 24.9. The zero-order chi connectivity index (χ0) is 31.9. The molecule has 5 N–H and O–H groups in total. The molecule has 1 aromatic carbocycles. The van der Waals surface area contributed by atoms with Crippen LogP contribution in [0.3, 0.4) is 0 Å². The molecule has 0 amide bonds. The molecule has 0 aromatic heterocycles. The predicted octanol–water partition coefficient (Wildman–Crippen LogP) is -0.0470. The van der Waals surface area contributed by atoms with E-state index in [4.69, 9.17) is 28.4 Å². The number of carbonyl (C=O) groups excluding carboxylic acids is 1. The molecular weight excluding hydrogens is 594 g/mol. The summed E-state index contributed by atoms with van der Waals surface area (Å²) in [5, 5.41) is 50.1. The minimum Gasteiger partial charge on any atom is -0.497 e. The summed E-state index contributed by atoms with van der Waals surface area (Å²) < 4.78 is 33.8. The number of benzene rings is 1. The number of methoxy groups -OCH3 is 1. The van der Waals surface area contributed by atoms with Crippen LogP contribution in [0.1, 0.15) is 42.7 Å². The van der Waals surface area contributed by atoms with Crippen LogP contribution in [0.2, 0.25) is 0 Å². The van der Waals surface area contributed by atoms with Gasteiger partial charge in [-0.25, -0.2) is 4.79 Å². The number of rotatable bonds is 11. The van der Waals surface area contributed by atoms with Gasteiger partial charge in [0.05, 0.1) is 38.2 Å². The van der Waals surface area contributed by atoms with E-state index in [9.17, 15) is 35.1 Å². The average molecular weight is 634 g/mol. The van der Waals surface area contributed by atoms with Gasteiger partial charge in [0.2, 0.25) is 6.79 Å². The van der Waals surface area contributed by atoms with Gasteiger partial charge in [-0.2, -0.15) is 0 Å². The Labute approximate surface area is 259 Å². The molecule has 0 saturated carbocycles. The number of nitrogens with zero attached hydrogens (tertiary/aromatic N) is 1. The Balaban J connectivity index is 1.22. The summed E-state index contributed by atoms with van der Waals surface area (Å²) in [6.45, 7) is 1.08. The highest BCUT2D eigenvalue weighted by Crippen LogP contribution is 2.55. The van der Waals surface area contributed by atoms with E-state index in [0.717, 1.165) is 43.5 Å². The first-order chi connectivity index (χ1) is 21.6. The maximum atomic E-state index is 13.7. The lowest BCUT2D eigenvalue weighted by molar-refractivity contribution is -0.176. The molecule has 4 heterocycles. The van der Waals surface area contributed by atoms with Crippen molar-refractivity contribution in [3.8, 4) is 11.5 Å². The molecule has 0 bridgehead atoms. The van der Waals surface area contributed by atoms with Gasteiger partial charge < -0.3 is 54.0 Å². The summed E-state index contributed by atoms with van der Waals surface area (Å²) in [4.78, 5) is 27.9. The van der Waals surface area contributed by atoms with Crippen molar-refractivity contribution in [3.05, 3.63) is 47.2 Å². The molecule has 4 unspecified atom stereocenters. The minimum absolute atomic E-state index is 0.111. The largest absolute Gasteiger partial charge is 0.497 e. The second-order valence-electron chi connectivity index (χ2n) is 12.1. The van der Waals surface area contributed by atoms with E-state index in [0.29, 0.717) is 17.3 Å². The van der Waals surface area contributed by atoms with Gasteiger partial charge >= 0.3 is 11.9 Å². The van der Waals surface area contributed by atoms with E-state index >= 15 is 0 Å². The lowest BCUT2D eigenvalue weighted by Crippen LogP contribution is -2.49. The third kappa shape index (κ3) is 5.69. The molecule has 45 heavy (non-hydrogen) atoms. The van der Waals surface area contributed by atoms with Crippen LogP contribution < -0.4 is 9.47 Å². The molecule has 1 aromatic rings. The van der Waals surface area contributed by atoms with Crippen molar-refractivity contribution in [1.29, 1.82) is 0 Å². The van der Waals surface area contributed by atoms with Gasteiger partial charge in [-0.05, 0) is 55.1 Å². The molecule has 1 aliphatic carbocycles. The molecule has 0 radical (unpaired) electrons. The van der Waals surface area contributed by atoms with Crippen LogP contribution in [0.25, 0.3) is 0 Å². The van der Waals surface area contributed by atoms with Gasteiger partial charge in [-0.15, -0.1) is 0 Å². The van der Waals surface area contributed by atoms with Crippen LogP contribution in [0.15, 0.2) is 36.1 Å². The summed E-state index contributed by atoms with van der Waals surface area (Å²) in [6, 6.07) is 3.89. The molecule has 14 nitrogen and oxygen atoms in total. The topological polar surface area (TPSA) is 194 Å². The lowest BCUT2D eigenvalue weighted by atomic mass is 9.77. The van der Waals surface area contributed by atoms with Crippen LogP contribution >= 0.6 is 0 Å².